The first-order chi connectivity index (χ1) is 16.0. The van der Waals surface area contributed by atoms with Crippen LogP contribution in [0.1, 0.15) is 69.7 Å². The first kappa shape index (κ1) is 24.7. The Morgan fingerprint density at radius 2 is 1.47 bits per heavy atom. The molecule has 2 aliphatic rings. The van der Waals surface area contributed by atoms with Gasteiger partial charge in [-0.05, 0) is 44.2 Å². The van der Waals surface area contributed by atoms with Gasteiger partial charge in [0.2, 0.25) is 0 Å². The quantitative estimate of drug-likeness (QED) is 0.639. The standard InChI is InChI=1S/C29H40N2O3/c1-28(2,3)20-7-9-22-23-10-8-21(29(4,5)6)18-25(23)26(24(22)17-20)19-34-27(32)30-11-12-31-13-15-33-16-14-31/h7-10,17-18,26H,11-16,19H2,1-6H3,(H,30,32). The number of rotatable bonds is 5. The van der Waals surface area contributed by atoms with Crippen LogP contribution in [-0.4, -0.2) is 57.0 Å². The summed E-state index contributed by atoms with van der Waals surface area (Å²) in [6.45, 7) is 18.5. The maximum atomic E-state index is 12.5. The molecule has 4 rings (SSSR count). The first-order valence-corrected chi connectivity index (χ1v) is 12.5. The maximum Gasteiger partial charge on any atom is 0.407 e. The first-order valence-electron chi connectivity index (χ1n) is 12.5. The number of alkyl carbamates (subject to hydrolysis) is 1. The van der Waals surface area contributed by atoms with Crippen molar-refractivity contribution >= 4 is 6.09 Å². The molecule has 1 amide bonds. The molecule has 5 nitrogen and oxygen atoms in total. The zero-order valence-corrected chi connectivity index (χ0v) is 21.7. The van der Waals surface area contributed by atoms with Crippen LogP contribution >= 0.6 is 0 Å². The molecule has 0 radical (unpaired) electrons. The number of nitrogens with one attached hydrogen (secondary N) is 1. The van der Waals surface area contributed by atoms with Crippen LogP contribution in [0, 0.1) is 0 Å². The lowest BCUT2D eigenvalue weighted by atomic mass is 9.83. The molecule has 1 heterocycles. The minimum atomic E-state index is -0.345. The Morgan fingerprint density at radius 3 is 1.97 bits per heavy atom. The number of carbonyl (C=O) groups excluding carboxylic acids is 1. The lowest BCUT2D eigenvalue weighted by Crippen LogP contribution is -2.41. The molecule has 2 aromatic rings. The Labute approximate surface area is 204 Å². The molecule has 184 valence electrons. The minimum absolute atomic E-state index is 0.0413. The lowest BCUT2D eigenvalue weighted by molar-refractivity contribution is 0.0382. The van der Waals surface area contributed by atoms with Crippen molar-refractivity contribution in [2.24, 2.45) is 0 Å². The van der Waals surface area contributed by atoms with Gasteiger partial charge in [0.25, 0.3) is 0 Å². The van der Waals surface area contributed by atoms with Gasteiger partial charge in [0.1, 0.15) is 6.61 Å². The second-order valence-electron chi connectivity index (χ2n) is 11.6. The van der Waals surface area contributed by atoms with Crippen molar-refractivity contribution in [1.82, 2.24) is 10.2 Å². The van der Waals surface area contributed by atoms with E-state index in [4.69, 9.17) is 9.47 Å². The minimum Gasteiger partial charge on any atom is -0.449 e. The van der Waals surface area contributed by atoms with Crippen LogP contribution in [0.2, 0.25) is 0 Å². The summed E-state index contributed by atoms with van der Waals surface area (Å²) in [6, 6.07) is 13.6. The van der Waals surface area contributed by atoms with Crippen LogP contribution in [0.3, 0.4) is 0 Å². The van der Waals surface area contributed by atoms with Crippen LogP contribution < -0.4 is 5.32 Å². The molecule has 1 aliphatic heterocycles. The normalized spacial score (nSPS) is 16.8. The summed E-state index contributed by atoms with van der Waals surface area (Å²) in [7, 11) is 0. The molecule has 0 saturated carbocycles. The monoisotopic (exact) mass is 464 g/mol. The molecule has 0 bridgehead atoms. The summed E-state index contributed by atoms with van der Waals surface area (Å²) in [5.74, 6) is 0.0413. The van der Waals surface area contributed by atoms with E-state index in [0.717, 1.165) is 32.8 Å². The number of carbonyl (C=O) groups is 1. The van der Waals surface area contributed by atoms with Gasteiger partial charge < -0.3 is 14.8 Å². The maximum absolute atomic E-state index is 12.5. The Morgan fingerprint density at radius 1 is 0.941 bits per heavy atom. The van der Waals surface area contributed by atoms with Gasteiger partial charge in [-0.25, -0.2) is 4.79 Å². The van der Waals surface area contributed by atoms with Gasteiger partial charge in [0.05, 0.1) is 13.2 Å². The number of amides is 1. The number of hydrogen-bond donors (Lipinski definition) is 1. The third kappa shape index (κ3) is 5.47. The van der Waals surface area contributed by atoms with Gasteiger partial charge in [-0.1, -0.05) is 77.9 Å². The molecular weight excluding hydrogens is 424 g/mol. The van der Waals surface area contributed by atoms with Crippen LogP contribution in [0.15, 0.2) is 36.4 Å². The van der Waals surface area contributed by atoms with E-state index in [1.165, 1.54) is 33.4 Å². The van der Waals surface area contributed by atoms with E-state index >= 15 is 0 Å². The number of fused-ring (bicyclic) bond motifs is 3. The van der Waals surface area contributed by atoms with Crippen LogP contribution in [0.4, 0.5) is 4.79 Å². The molecule has 1 N–H and O–H groups in total. The molecule has 1 aliphatic carbocycles. The van der Waals surface area contributed by atoms with Gasteiger partial charge >= 0.3 is 6.09 Å². The van der Waals surface area contributed by atoms with Gasteiger partial charge in [-0.2, -0.15) is 0 Å². The Bertz CT molecular complexity index is 963. The summed E-state index contributed by atoms with van der Waals surface area (Å²) < 4.78 is 11.2. The molecule has 1 fully saturated rings. The third-order valence-electron chi connectivity index (χ3n) is 7.06. The predicted octanol–water partition coefficient (Wildman–Crippen LogP) is 5.45. The van der Waals surface area contributed by atoms with Crippen molar-refractivity contribution in [3.63, 3.8) is 0 Å². The molecule has 34 heavy (non-hydrogen) atoms. The van der Waals surface area contributed by atoms with Gasteiger partial charge in [-0.15, -0.1) is 0 Å². The highest BCUT2D eigenvalue weighted by atomic mass is 16.5. The lowest BCUT2D eigenvalue weighted by Gasteiger charge is -2.26. The SMILES string of the molecule is CC(C)(C)c1ccc2c(c1)C(COC(=O)NCCN1CCOCC1)c1cc(C(C)(C)C)ccc1-2. The van der Waals surface area contributed by atoms with Crippen molar-refractivity contribution in [2.45, 2.75) is 58.3 Å². The van der Waals surface area contributed by atoms with Crippen LogP contribution in [0.25, 0.3) is 11.1 Å². The highest BCUT2D eigenvalue weighted by Crippen LogP contribution is 2.47. The van der Waals surface area contributed by atoms with Gasteiger partial charge in [0, 0.05) is 32.1 Å². The number of morpholine rings is 1. The third-order valence-corrected chi connectivity index (χ3v) is 7.06. The van der Waals surface area contributed by atoms with Gasteiger partial charge in [0.15, 0.2) is 0 Å². The molecule has 0 aromatic heterocycles. The summed E-state index contributed by atoms with van der Waals surface area (Å²) in [4.78, 5) is 14.8. The summed E-state index contributed by atoms with van der Waals surface area (Å²) in [5.41, 5.74) is 7.74. The highest BCUT2D eigenvalue weighted by Gasteiger charge is 2.32. The molecule has 0 spiro atoms. The molecular formula is C29H40N2O3. The van der Waals surface area contributed by atoms with Crippen molar-refractivity contribution in [3.8, 4) is 11.1 Å². The average molecular weight is 465 g/mol. The Hall–Kier alpha value is -2.37. The molecule has 2 aromatic carbocycles. The van der Waals surface area contributed by atoms with E-state index in [1.807, 2.05) is 0 Å². The second kappa shape index (κ2) is 9.71. The molecule has 1 saturated heterocycles. The molecule has 0 atom stereocenters. The van der Waals surface area contributed by atoms with E-state index in [9.17, 15) is 4.79 Å². The zero-order valence-electron chi connectivity index (χ0n) is 21.7. The van der Waals surface area contributed by atoms with Crippen molar-refractivity contribution < 1.29 is 14.3 Å². The van der Waals surface area contributed by atoms with Crippen molar-refractivity contribution in [3.05, 3.63) is 58.7 Å². The van der Waals surface area contributed by atoms with Crippen LogP contribution in [0.5, 0.6) is 0 Å². The largest absolute Gasteiger partial charge is 0.449 e. The van der Waals surface area contributed by atoms with E-state index in [1.54, 1.807) is 0 Å². The highest BCUT2D eigenvalue weighted by molar-refractivity contribution is 5.80. The van der Waals surface area contributed by atoms with E-state index in [0.29, 0.717) is 13.2 Å². The summed E-state index contributed by atoms with van der Waals surface area (Å²) >= 11 is 0. The fourth-order valence-corrected chi connectivity index (χ4v) is 4.82. The fourth-order valence-electron chi connectivity index (χ4n) is 4.82. The number of hydrogen-bond acceptors (Lipinski definition) is 4. The topological polar surface area (TPSA) is 50.8 Å². The zero-order chi connectivity index (χ0) is 24.5. The van der Waals surface area contributed by atoms with E-state index in [-0.39, 0.29) is 22.8 Å². The van der Waals surface area contributed by atoms with Crippen molar-refractivity contribution in [2.75, 3.05) is 46.0 Å². The second-order valence-corrected chi connectivity index (χ2v) is 11.6. The number of benzene rings is 2. The number of ether oxygens (including phenoxy) is 2. The summed E-state index contributed by atoms with van der Waals surface area (Å²) in [6.07, 6.45) is -0.345. The molecule has 0 unspecified atom stereocenters. The molecule has 5 heteroatoms. The smallest absolute Gasteiger partial charge is 0.407 e. The Balaban J connectivity index is 1.51. The van der Waals surface area contributed by atoms with Gasteiger partial charge in [-0.3, -0.25) is 4.90 Å². The fraction of sp³-hybridized carbons (Fsp3) is 0.552. The van der Waals surface area contributed by atoms with Crippen LogP contribution in [-0.2, 0) is 20.3 Å². The Kier molecular flexibility index (Phi) is 7.07. The van der Waals surface area contributed by atoms with E-state index < -0.39 is 0 Å². The van der Waals surface area contributed by atoms with Crippen molar-refractivity contribution in [1.29, 1.82) is 0 Å². The summed E-state index contributed by atoms with van der Waals surface area (Å²) in [5, 5.41) is 2.93. The predicted molar refractivity (Wildman–Crippen MR) is 138 cm³/mol. The average Bonchev–Trinajstić information content (AvgIpc) is 3.09. The van der Waals surface area contributed by atoms with E-state index in [2.05, 4.69) is 88.2 Å². The number of nitrogens with zero attached hydrogens (tertiary/aromatic N) is 1.